The maximum atomic E-state index is 12.4. The minimum Gasteiger partial charge on any atom is -0.449 e. The van der Waals surface area contributed by atoms with Crippen molar-refractivity contribution in [2.75, 3.05) is 5.52 Å². The number of esters is 1. The molecule has 2 heterocycles. The molecule has 2 amide bonds. The van der Waals surface area contributed by atoms with Gasteiger partial charge in [0, 0.05) is 6.08 Å². The van der Waals surface area contributed by atoms with Crippen LogP contribution in [0, 0.1) is 0 Å². The van der Waals surface area contributed by atoms with Crippen LogP contribution in [0.3, 0.4) is 0 Å². The van der Waals surface area contributed by atoms with Gasteiger partial charge >= 0.3 is 5.97 Å². The molecule has 2 aliphatic heterocycles. The van der Waals surface area contributed by atoms with E-state index in [0.29, 0.717) is 0 Å². The molecular weight excluding hydrogens is 492 g/mol. The van der Waals surface area contributed by atoms with E-state index >= 15 is 0 Å². The van der Waals surface area contributed by atoms with Crippen LogP contribution in [0.4, 0.5) is 0 Å². The second-order valence-electron chi connectivity index (χ2n) is 5.37. The van der Waals surface area contributed by atoms with Crippen LogP contribution < -0.4 is 5.32 Å². The molecule has 2 unspecified atom stereocenters. The average molecular weight is 504 g/mol. The maximum absolute atomic E-state index is 12.4. The Morgan fingerprint density at radius 3 is 2.62 bits per heavy atom. The van der Waals surface area contributed by atoms with Crippen molar-refractivity contribution in [2.45, 2.75) is 16.2 Å². The van der Waals surface area contributed by atoms with E-state index in [1.165, 1.54) is 4.90 Å². The molecule has 1 aromatic rings. The third kappa shape index (κ3) is 3.58. The second-order valence-corrected chi connectivity index (χ2v) is 7.86. The molecule has 0 spiro atoms. The summed E-state index contributed by atoms with van der Waals surface area (Å²) in [4.78, 5) is 49.2. The van der Waals surface area contributed by atoms with E-state index in [9.17, 15) is 19.2 Å². The van der Waals surface area contributed by atoms with Crippen molar-refractivity contribution < 1.29 is 23.9 Å². The summed E-state index contributed by atoms with van der Waals surface area (Å²) < 4.78 is 4.80. The number of rotatable bonds is 5. The lowest BCUT2D eigenvalue weighted by Crippen LogP contribution is -2.70. The first-order valence-electron chi connectivity index (χ1n) is 7.42. The Balaban J connectivity index is 1.71. The standard InChI is InChI=1S/C16H12Br2N2O5S/c17-7-25-16(24)9-6-10(21)26-15-12(14(23)20(9)15)19-13(22)11(18)8-4-2-1-3-5-8/h1-6,11-12,15H,7H2,(H,19,22)/t11?,12?,15-/m0/s1. The zero-order chi connectivity index (χ0) is 18.8. The van der Waals surface area contributed by atoms with Gasteiger partial charge < -0.3 is 10.1 Å². The number of hydrogen-bond acceptors (Lipinski definition) is 6. The number of thioether (sulfide) groups is 1. The smallest absolute Gasteiger partial charge is 0.356 e. The number of benzene rings is 1. The molecule has 26 heavy (non-hydrogen) atoms. The number of nitrogens with zero attached hydrogens (tertiary/aromatic N) is 1. The van der Waals surface area contributed by atoms with Crippen molar-refractivity contribution in [1.29, 1.82) is 0 Å². The highest BCUT2D eigenvalue weighted by Gasteiger charge is 2.55. The monoisotopic (exact) mass is 502 g/mol. The largest absolute Gasteiger partial charge is 0.449 e. The van der Waals surface area contributed by atoms with Crippen molar-refractivity contribution in [2.24, 2.45) is 0 Å². The van der Waals surface area contributed by atoms with Crippen LogP contribution in [0.5, 0.6) is 0 Å². The Hall–Kier alpha value is -1.65. The SMILES string of the molecule is O=C1C=C(C(=O)OCBr)N2C(=O)C(NC(=O)C(Br)c3ccccc3)[C@@H]2S1. The van der Waals surface area contributed by atoms with Gasteiger partial charge in [-0.1, -0.05) is 58.0 Å². The molecule has 1 N–H and O–H groups in total. The normalized spacial score (nSPS) is 22.7. The third-order valence-corrected chi connectivity index (χ3v) is 6.06. The zero-order valence-electron chi connectivity index (χ0n) is 13.1. The molecule has 0 saturated carbocycles. The Bertz CT molecular complexity index is 801. The van der Waals surface area contributed by atoms with Gasteiger partial charge in [0.2, 0.25) is 11.0 Å². The number of ether oxygens (including phenoxy) is 1. The van der Waals surface area contributed by atoms with E-state index in [2.05, 4.69) is 37.2 Å². The molecule has 136 valence electrons. The van der Waals surface area contributed by atoms with Crippen LogP contribution in [0.15, 0.2) is 42.1 Å². The zero-order valence-corrected chi connectivity index (χ0v) is 17.0. The van der Waals surface area contributed by atoms with Crippen molar-refractivity contribution >= 4 is 66.5 Å². The number of carbonyl (C=O) groups excluding carboxylic acids is 4. The van der Waals surface area contributed by atoms with Crippen molar-refractivity contribution in [3.05, 3.63) is 47.7 Å². The van der Waals surface area contributed by atoms with Crippen LogP contribution in [0.1, 0.15) is 10.4 Å². The van der Waals surface area contributed by atoms with Crippen molar-refractivity contribution in [3.8, 4) is 0 Å². The number of amides is 2. The number of β-lactam (4-membered cyclic amide) rings is 1. The first-order valence-corrected chi connectivity index (χ1v) is 10.3. The average Bonchev–Trinajstić information content (AvgIpc) is 2.65. The fourth-order valence-electron chi connectivity index (χ4n) is 2.59. The lowest BCUT2D eigenvalue weighted by atomic mass is 10.0. The topological polar surface area (TPSA) is 92.8 Å². The Morgan fingerprint density at radius 1 is 1.27 bits per heavy atom. The second kappa shape index (κ2) is 7.93. The highest BCUT2D eigenvalue weighted by Crippen LogP contribution is 2.39. The van der Waals surface area contributed by atoms with Gasteiger partial charge in [0.25, 0.3) is 5.91 Å². The van der Waals surface area contributed by atoms with E-state index in [4.69, 9.17) is 4.74 Å². The van der Waals surface area contributed by atoms with E-state index < -0.39 is 34.0 Å². The highest BCUT2D eigenvalue weighted by atomic mass is 79.9. The summed E-state index contributed by atoms with van der Waals surface area (Å²) in [5.41, 5.74) is 0.564. The molecule has 0 bridgehead atoms. The van der Waals surface area contributed by atoms with Crippen LogP contribution in [-0.4, -0.2) is 44.7 Å². The van der Waals surface area contributed by atoms with Gasteiger partial charge in [-0.3, -0.25) is 19.3 Å². The Kier molecular flexibility index (Phi) is 5.83. The van der Waals surface area contributed by atoms with E-state index in [1.807, 2.05) is 6.07 Å². The summed E-state index contributed by atoms with van der Waals surface area (Å²) in [6.07, 6.45) is 1.07. The third-order valence-electron chi connectivity index (χ3n) is 3.81. The number of hydrogen-bond donors (Lipinski definition) is 1. The number of nitrogens with one attached hydrogen (secondary N) is 1. The molecule has 3 rings (SSSR count). The molecule has 7 nitrogen and oxygen atoms in total. The molecular formula is C16H12Br2N2O5S. The number of carbonyl (C=O) groups is 4. The molecule has 0 aromatic heterocycles. The fraction of sp³-hybridized carbons (Fsp3) is 0.250. The summed E-state index contributed by atoms with van der Waals surface area (Å²) >= 11 is 7.14. The molecule has 1 saturated heterocycles. The van der Waals surface area contributed by atoms with Gasteiger partial charge in [-0.05, 0) is 21.5 Å². The molecule has 1 fully saturated rings. The lowest BCUT2D eigenvalue weighted by Gasteiger charge is -2.47. The van der Waals surface area contributed by atoms with Crippen molar-refractivity contribution in [3.63, 3.8) is 0 Å². The van der Waals surface area contributed by atoms with E-state index in [0.717, 1.165) is 23.4 Å². The molecule has 10 heteroatoms. The van der Waals surface area contributed by atoms with Crippen molar-refractivity contribution in [1.82, 2.24) is 10.2 Å². The first-order chi connectivity index (χ1) is 12.4. The predicted molar refractivity (Wildman–Crippen MR) is 101 cm³/mol. The number of fused-ring (bicyclic) bond motifs is 1. The van der Waals surface area contributed by atoms with Gasteiger partial charge in [0.05, 0.1) is 0 Å². The van der Waals surface area contributed by atoms with Crippen LogP contribution in [-0.2, 0) is 23.9 Å². The minimum atomic E-state index is -0.888. The van der Waals surface area contributed by atoms with Crippen LogP contribution >= 0.6 is 43.6 Å². The molecule has 2 aliphatic rings. The lowest BCUT2D eigenvalue weighted by molar-refractivity contribution is -0.152. The van der Waals surface area contributed by atoms with Gasteiger partial charge in [-0.2, -0.15) is 0 Å². The summed E-state index contributed by atoms with van der Waals surface area (Å²) in [5, 5.41) is 1.59. The quantitative estimate of drug-likeness (QED) is 0.374. The fourth-order valence-corrected chi connectivity index (χ4v) is 4.29. The molecule has 3 atom stereocenters. The Morgan fingerprint density at radius 2 is 1.96 bits per heavy atom. The summed E-state index contributed by atoms with van der Waals surface area (Å²) in [6.45, 7) is 0. The maximum Gasteiger partial charge on any atom is 0.356 e. The molecule has 1 aromatic carbocycles. The Labute approximate surface area is 169 Å². The predicted octanol–water partition coefficient (Wildman–Crippen LogP) is 1.83. The first kappa shape index (κ1) is 19.1. The number of alkyl halides is 2. The summed E-state index contributed by atoms with van der Waals surface area (Å²) in [6, 6.07) is 8.11. The van der Waals surface area contributed by atoms with Gasteiger partial charge in [0.15, 0.2) is 0 Å². The van der Waals surface area contributed by atoms with E-state index in [1.54, 1.807) is 24.3 Å². The minimum absolute atomic E-state index is 0.0558. The van der Waals surface area contributed by atoms with Gasteiger partial charge in [-0.25, -0.2) is 4.79 Å². The number of halogens is 2. The van der Waals surface area contributed by atoms with Gasteiger partial charge in [0.1, 0.15) is 27.5 Å². The van der Waals surface area contributed by atoms with E-state index in [-0.39, 0.29) is 16.3 Å². The summed E-state index contributed by atoms with van der Waals surface area (Å²) in [5.74, 6) is -1.64. The van der Waals surface area contributed by atoms with Crippen LogP contribution in [0.25, 0.3) is 0 Å². The highest BCUT2D eigenvalue weighted by molar-refractivity contribution is 9.09. The molecule has 0 radical (unpaired) electrons. The summed E-state index contributed by atoms with van der Waals surface area (Å²) in [7, 11) is 0. The molecule has 0 aliphatic carbocycles. The van der Waals surface area contributed by atoms with Gasteiger partial charge in [-0.15, -0.1) is 0 Å². The van der Waals surface area contributed by atoms with Crippen LogP contribution in [0.2, 0.25) is 0 Å².